The first-order valence-electron chi connectivity index (χ1n) is 4.85. The normalized spacial score (nSPS) is 27.7. The lowest BCUT2D eigenvalue weighted by molar-refractivity contribution is 0.601. The van der Waals surface area contributed by atoms with Crippen LogP contribution in [0, 0.1) is 0 Å². The Hall–Kier alpha value is -1.23. The van der Waals surface area contributed by atoms with E-state index in [9.17, 15) is 0 Å². The minimum Gasteiger partial charge on any atom is -0.317 e. The van der Waals surface area contributed by atoms with E-state index in [1.165, 1.54) is 29.0 Å². The Morgan fingerprint density at radius 1 is 1.13 bits per heavy atom. The summed E-state index contributed by atoms with van der Waals surface area (Å²) in [6, 6.07) is 0.237. The van der Waals surface area contributed by atoms with Gasteiger partial charge in [-0.1, -0.05) is 42.5 Å². The molecular weight excluding hydrogens is 206 g/mol. The van der Waals surface area contributed by atoms with Crippen molar-refractivity contribution in [1.29, 1.82) is 0 Å². The Morgan fingerprint density at radius 3 is 3.13 bits per heavy atom. The summed E-state index contributed by atoms with van der Waals surface area (Å²) in [5.74, 6) is 0. The Morgan fingerprint density at radius 2 is 2.13 bits per heavy atom. The van der Waals surface area contributed by atoms with Gasteiger partial charge in [0.2, 0.25) is 0 Å². The fourth-order valence-corrected chi connectivity index (χ4v) is 2.41. The molecule has 0 radical (unpaired) electrons. The van der Waals surface area contributed by atoms with Crippen molar-refractivity contribution in [3.8, 4) is 0 Å². The van der Waals surface area contributed by atoms with E-state index in [1.54, 1.807) is 0 Å². The lowest BCUT2D eigenvalue weighted by atomic mass is 9.94. The molecule has 0 amide bonds. The highest BCUT2D eigenvalue weighted by atomic mass is 32.2. The van der Waals surface area contributed by atoms with Crippen LogP contribution in [-0.4, -0.2) is 6.04 Å². The first kappa shape index (κ1) is 9.03. The van der Waals surface area contributed by atoms with Crippen molar-refractivity contribution in [2.75, 3.05) is 0 Å². The highest BCUT2D eigenvalue weighted by Crippen LogP contribution is 2.27. The van der Waals surface area contributed by atoms with Gasteiger partial charge >= 0.3 is 0 Å². The van der Waals surface area contributed by atoms with E-state index in [-0.39, 0.29) is 6.04 Å². The summed E-state index contributed by atoms with van der Waals surface area (Å²) >= 11 is 1.46. The number of fused-ring (bicyclic) bond motifs is 2. The highest BCUT2D eigenvalue weighted by molar-refractivity contribution is 7.95. The molecule has 3 aliphatic rings. The molecule has 3 N–H and O–H groups in total. The molecule has 3 rings (SSSR count). The smallest absolute Gasteiger partial charge is 0.0817 e. The van der Waals surface area contributed by atoms with Crippen molar-refractivity contribution >= 4 is 12.1 Å². The minimum absolute atomic E-state index is 0.237. The summed E-state index contributed by atoms with van der Waals surface area (Å²) in [6.07, 6.45) is 14.7. The van der Waals surface area contributed by atoms with E-state index in [4.69, 9.17) is 0 Å². The minimum atomic E-state index is 0.237. The maximum atomic E-state index is 3.30. The average molecular weight is 217 g/mol. The molecule has 1 heterocycles. The summed E-state index contributed by atoms with van der Waals surface area (Å²) in [5.41, 5.74) is 6.93. The highest BCUT2D eigenvalue weighted by Gasteiger charge is 2.23. The van der Waals surface area contributed by atoms with E-state index in [0.717, 1.165) is 0 Å². The maximum absolute atomic E-state index is 3.30. The van der Waals surface area contributed by atoms with Gasteiger partial charge in [0.1, 0.15) is 0 Å². The summed E-state index contributed by atoms with van der Waals surface area (Å²) in [5, 5.41) is 0. The standard InChI is InChI=1S/C11H11N3S/c1-2-4-8-6-7-10-11(9(8)5-3-1)13-15-14-12-10/h1-7,10,12-14H. The third kappa shape index (κ3) is 1.56. The van der Waals surface area contributed by atoms with Gasteiger partial charge in [-0.05, 0) is 5.57 Å². The topological polar surface area (TPSA) is 36.1 Å². The molecule has 0 bridgehead atoms. The summed E-state index contributed by atoms with van der Waals surface area (Å²) in [6.45, 7) is 0. The number of nitrogens with one attached hydrogen (secondary N) is 3. The molecule has 3 nitrogen and oxygen atoms in total. The van der Waals surface area contributed by atoms with Crippen LogP contribution in [0.1, 0.15) is 0 Å². The Kier molecular flexibility index (Phi) is 2.25. The SMILES string of the molecule is C1=CC=C2C=CC3NNSNC3=C2C=C1. The number of hydrogen-bond acceptors (Lipinski definition) is 4. The van der Waals surface area contributed by atoms with E-state index in [2.05, 4.69) is 51.4 Å². The van der Waals surface area contributed by atoms with Gasteiger partial charge in [0.15, 0.2) is 0 Å². The van der Waals surface area contributed by atoms with Gasteiger partial charge in [0.25, 0.3) is 0 Å². The van der Waals surface area contributed by atoms with Gasteiger partial charge in [0, 0.05) is 17.7 Å². The quantitative estimate of drug-likeness (QED) is 0.537. The van der Waals surface area contributed by atoms with Crippen LogP contribution < -0.4 is 15.0 Å². The largest absolute Gasteiger partial charge is 0.317 e. The number of hydrazine groups is 1. The Bertz CT molecular complexity index is 429. The zero-order valence-corrected chi connectivity index (χ0v) is 8.84. The molecule has 0 spiro atoms. The molecular formula is C11H11N3S. The van der Waals surface area contributed by atoms with E-state index >= 15 is 0 Å². The molecule has 1 atom stereocenters. The van der Waals surface area contributed by atoms with Crippen LogP contribution >= 0.6 is 12.1 Å². The van der Waals surface area contributed by atoms with Gasteiger partial charge in [-0.15, -0.1) is 0 Å². The molecule has 0 saturated carbocycles. The second kappa shape index (κ2) is 3.73. The van der Waals surface area contributed by atoms with Gasteiger partial charge in [0.05, 0.1) is 11.7 Å². The van der Waals surface area contributed by atoms with Gasteiger partial charge in [-0.3, -0.25) is 0 Å². The van der Waals surface area contributed by atoms with Crippen LogP contribution in [0.25, 0.3) is 0 Å². The summed E-state index contributed by atoms with van der Waals surface area (Å²) in [7, 11) is 0. The van der Waals surface area contributed by atoms with Crippen molar-refractivity contribution in [2.45, 2.75) is 6.04 Å². The molecule has 1 saturated heterocycles. The van der Waals surface area contributed by atoms with Crippen LogP contribution in [-0.2, 0) is 0 Å². The van der Waals surface area contributed by atoms with Gasteiger partial charge < -0.3 is 4.72 Å². The Balaban J connectivity index is 2.09. The lowest BCUT2D eigenvalue weighted by Gasteiger charge is -2.30. The van der Waals surface area contributed by atoms with Crippen molar-refractivity contribution < 1.29 is 0 Å². The van der Waals surface area contributed by atoms with E-state index in [1.807, 2.05) is 6.08 Å². The monoisotopic (exact) mass is 217 g/mol. The lowest BCUT2D eigenvalue weighted by Crippen LogP contribution is -2.47. The van der Waals surface area contributed by atoms with Crippen molar-refractivity contribution in [1.82, 2.24) is 15.0 Å². The zero-order valence-electron chi connectivity index (χ0n) is 8.03. The fourth-order valence-electron chi connectivity index (χ4n) is 1.83. The number of allylic oxidation sites excluding steroid dienone is 8. The molecule has 1 fully saturated rings. The Labute approximate surface area is 92.9 Å². The van der Waals surface area contributed by atoms with Crippen LogP contribution in [0.2, 0.25) is 0 Å². The van der Waals surface area contributed by atoms with E-state index < -0.39 is 0 Å². The van der Waals surface area contributed by atoms with E-state index in [0.29, 0.717) is 0 Å². The molecule has 76 valence electrons. The zero-order chi connectivity index (χ0) is 10.1. The average Bonchev–Trinajstić information content (AvgIpc) is 2.54. The third-order valence-electron chi connectivity index (χ3n) is 2.57. The number of hydrogen-bond donors (Lipinski definition) is 3. The number of rotatable bonds is 0. The second-order valence-corrected chi connectivity index (χ2v) is 4.09. The van der Waals surface area contributed by atoms with Crippen molar-refractivity contribution in [3.63, 3.8) is 0 Å². The molecule has 1 aliphatic heterocycles. The van der Waals surface area contributed by atoms with Crippen LogP contribution in [0.4, 0.5) is 0 Å². The molecule has 4 heteroatoms. The fraction of sp³-hybridized carbons (Fsp3) is 0.0909. The van der Waals surface area contributed by atoms with Crippen molar-refractivity contribution in [2.24, 2.45) is 0 Å². The molecule has 1 unspecified atom stereocenters. The molecule has 2 aliphatic carbocycles. The third-order valence-corrected chi connectivity index (χ3v) is 3.11. The van der Waals surface area contributed by atoms with Crippen LogP contribution in [0.3, 0.4) is 0 Å². The van der Waals surface area contributed by atoms with Crippen molar-refractivity contribution in [3.05, 3.63) is 59.4 Å². The molecule has 0 aromatic rings. The molecule has 0 aromatic carbocycles. The predicted octanol–water partition coefficient (Wildman–Crippen LogP) is 1.49. The summed E-state index contributed by atoms with van der Waals surface area (Å²) in [4.78, 5) is 3.01. The van der Waals surface area contributed by atoms with Crippen LogP contribution in [0.5, 0.6) is 0 Å². The second-order valence-electron chi connectivity index (χ2n) is 3.48. The van der Waals surface area contributed by atoms with Crippen LogP contribution in [0.15, 0.2) is 59.4 Å². The van der Waals surface area contributed by atoms with Gasteiger partial charge in [-0.25, -0.2) is 5.43 Å². The summed E-state index contributed by atoms with van der Waals surface area (Å²) < 4.78 is 3.30. The first-order valence-corrected chi connectivity index (χ1v) is 5.67. The molecule has 15 heavy (non-hydrogen) atoms. The first-order chi connectivity index (χ1) is 7.45. The maximum Gasteiger partial charge on any atom is 0.0817 e. The molecule has 0 aromatic heterocycles. The predicted molar refractivity (Wildman–Crippen MR) is 63.3 cm³/mol. The van der Waals surface area contributed by atoms with Gasteiger partial charge in [-0.2, -0.15) is 4.83 Å².